The molecule has 1 aliphatic heterocycles. The van der Waals surface area contributed by atoms with E-state index in [0.29, 0.717) is 5.56 Å². The van der Waals surface area contributed by atoms with Crippen LogP contribution in [0.3, 0.4) is 0 Å². The minimum atomic E-state index is -0.364. The lowest BCUT2D eigenvalue weighted by molar-refractivity contribution is 0.0999. The highest BCUT2D eigenvalue weighted by molar-refractivity contribution is 5.96. The molecule has 0 spiro atoms. The molecule has 170 valence electrons. The Hall–Kier alpha value is -3.37. The Morgan fingerprint density at radius 1 is 0.818 bits per heavy atom. The fraction of sp³-hybridized carbons (Fsp3) is 0.276. The third-order valence-electron chi connectivity index (χ3n) is 6.36. The number of rotatable bonds is 7. The number of benzene rings is 3. The highest BCUT2D eigenvalue weighted by Crippen LogP contribution is 2.40. The molecule has 0 radical (unpaired) electrons. The van der Waals surface area contributed by atoms with Gasteiger partial charge in [0.25, 0.3) is 0 Å². The molecule has 3 aromatic rings. The number of hydrogen-bond acceptors (Lipinski definition) is 3. The number of carbonyl (C=O) groups is 1. The fourth-order valence-corrected chi connectivity index (χ4v) is 4.85. The summed E-state index contributed by atoms with van der Waals surface area (Å²) >= 11 is 0. The maximum Gasteiger partial charge on any atom is 0.248 e. The molecule has 4 nitrogen and oxygen atoms in total. The van der Waals surface area contributed by atoms with Crippen molar-refractivity contribution >= 4 is 11.5 Å². The lowest BCUT2D eigenvalue weighted by atomic mass is 9.82. The second kappa shape index (κ2) is 10.5. The molecule has 1 amide bonds. The average molecular weight is 441 g/mol. The minimum absolute atomic E-state index is 0.364. The van der Waals surface area contributed by atoms with Crippen molar-refractivity contribution in [3.8, 4) is 11.5 Å². The number of nitrogens with one attached hydrogen (secondary N) is 1. The number of ether oxygens (including phenoxy) is 1. The van der Waals surface area contributed by atoms with Gasteiger partial charge < -0.3 is 15.8 Å². The summed E-state index contributed by atoms with van der Waals surface area (Å²) in [6.07, 6.45) is 3.56. The van der Waals surface area contributed by atoms with Crippen molar-refractivity contribution in [3.63, 3.8) is 0 Å². The molecular formula is C29H32N2O2. The van der Waals surface area contributed by atoms with E-state index in [1.54, 1.807) is 0 Å². The summed E-state index contributed by atoms with van der Waals surface area (Å²) in [5.74, 6) is 1.29. The maximum absolute atomic E-state index is 12.1. The lowest BCUT2D eigenvalue weighted by Gasteiger charge is -2.25. The maximum atomic E-state index is 12.1. The number of piperidine rings is 1. The van der Waals surface area contributed by atoms with E-state index in [4.69, 9.17) is 10.5 Å². The van der Waals surface area contributed by atoms with Gasteiger partial charge in [-0.05, 0) is 85.3 Å². The van der Waals surface area contributed by atoms with E-state index in [-0.39, 0.29) is 5.91 Å². The molecule has 4 rings (SSSR count). The molecule has 1 fully saturated rings. The molecule has 1 aliphatic rings. The highest BCUT2D eigenvalue weighted by atomic mass is 16.5. The number of para-hydroxylation sites is 2. The first kappa shape index (κ1) is 22.8. The Kier molecular flexibility index (Phi) is 7.26. The average Bonchev–Trinajstić information content (AvgIpc) is 2.86. The van der Waals surface area contributed by atoms with Crippen LogP contribution >= 0.6 is 0 Å². The van der Waals surface area contributed by atoms with Crippen LogP contribution in [0.15, 0.2) is 72.3 Å². The number of primary amides is 1. The summed E-state index contributed by atoms with van der Waals surface area (Å²) in [5, 5.41) is 3.48. The molecule has 0 saturated carbocycles. The van der Waals surface area contributed by atoms with Gasteiger partial charge in [-0.1, -0.05) is 61.9 Å². The molecule has 33 heavy (non-hydrogen) atoms. The minimum Gasteiger partial charge on any atom is -0.457 e. The Bertz CT molecular complexity index is 1160. The summed E-state index contributed by atoms with van der Waals surface area (Å²) in [6.45, 7) is 6.17. The Morgan fingerprint density at radius 2 is 1.42 bits per heavy atom. The quantitative estimate of drug-likeness (QED) is 0.482. The molecule has 3 aromatic carbocycles. The van der Waals surface area contributed by atoms with Crippen molar-refractivity contribution in [2.24, 2.45) is 5.73 Å². The lowest BCUT2D eigenvalue weighted by Crippen LogP contribution is -2.24. The van der Waals surface area contributed by atoms with Gasteiger partial charge >= 0.3 is 0 Å². The van der Waals surface area contributed by atoms with E-state index in [0.717, 1.165) is 61.4 Å². The Morgan fingerprint density at radius 3 is 2.09 bits per heavy atom. The predicted molar refractivity (Wildman–Crippen MR) is 135 cm³/mol. The smallest absolute Gasteiger partial charge is 0.248 e. The summed E-state index contributed by atoms with van der Waals surface area (Å²) in [5.41, 5.74) is 13.5. The summed E-state index contributed by atoms with van der Waals surface area (Å²) in [4.78, 5) is 12.1. The third-order valence-corrected chi connectivity index (χ3v) is 6.36. The molecule has 1 saturated heterocycles. The normalized spacial score (nSPS) is 13.6. The first-order valence-electron chi connectivity index (χ1n) is 11.8. The second-order valence-corrected chi connectivity index (χ2v) is 8.33. The van der Waals surface area contributed by atoms with Crippen LogP contribution in [0.25, 0.3) is 5.57 Å². The van der Waals surface area contributed by atoms with E-state index < -0.39 is 0 Å². The standard InChI is InChI=1S/C29H32N2O2/c1-3-22-23(4-2)25(29(30)32)15-14-24(22)28(20-16-18-31-19-17-20)26-12-8-9-13-27(26)33-21-10-6-5-7-11-21/h5-15,31H,3-4,16-19H2,1-2H3,(H2,30,32). The van der Waals surface area contributed by atoms with Gasteiger partial charge in [-0.3, -0.25) is 4.79 Å². The zero-order valence-electron chi connectivity index (χ0n) is 19.5. The predicted octanol–water partition coefficient (Wildman–Crippen LogP) is 5.89. The Labute approximate surface area is 196 Å². The van der Waals surface area contributed by atoms with Crippen molar-refractivity contribution < 1.29 is 9.53 Å². The molecule has 0 unspecified atom stereocenters. The molecular weight excluding hydrogens is 408 g/mol. The molecule has 0 aliphatic carbocycles. The van der Waals surface area contributed by atoms with E-state index in [1.165, 1.54) is 22.3 Å². The van der Waals surface area contributed by atoms with Gasteiger partial charge in [0.2, 0.25) is 5.91 Å². The SMILES string of the molecule is CCc1c(C(N)=O)ccc(C(=C2CCNCC2)c2ccccc2Oc2ccccc2)c1CC. The van der Waals surface area contributed by atoms with Gasteiger partial charge in [-0.15, -0.1) is 0 Å². The van der Waals surface area contributed by atoms with E-state index >= 15 is 0 Å². The van der Waals surface area contributed by atoms with E-state index in [1.807, 2.05) is 48.5 Å². The molecule has 4 heteroatoms. The number of carbonyl (C=O) groups excluding carboxylic acids is 1. The first-order valence-corrected chi connectivity index (χ1v) is 11.8. The van der Waals surface area contributed by atoms with Crippen LogP contribution in [-0.2, 0) is 12.8 Å². The van der Waals surface area contributed by atoms with Gasteiger partial charge in [-0.2, -0.15) is 0 Å². The van der Waals surface area contributed by atoms with E-state index in [9.17, 15) is 4.79 Å². The van der Waals surface area contributed by atoms with Crippen molar-refractivity contribution in [1.29, 1.82) is 0 Å². The number of amides is 1. The molecule has 0 atom stereocenters. The molecule has 0 aromatic heterocycles. The van der Waals surface area contributed by atoms with Crippen LogP contribution in [-0.4, -0.2) is 19.0 Å². The van der Waals surface area contributed by atoms with Gasteiger partial charge in [0.05, 0.1) is 0 Å². The van der Waals surface area contributed by atoms with Crippen LogP contribution in [0.5, 0.6) is 11.5 Å². The molecule has 1 heterocycles. The summed E-state index contributed by atoms with van der Waals surface area (Å²) in [7, 11) is 0. The number of hydrogen-bond donors (Lipinski definition) is 2. The van der Waals surface area contributed by atoms with Gasteiger partial charge in [0.1, 0.15) is 11.5 Å². The molecule has 0 bridgehead atoms. The largest absolute Gasteiger partial charge is 0.457 e. The first-order chi connectivity index (χ1) is 16.1. The third kappa shape index (κ3) is 4.86. The summed E-state index contributed by atoms with van der Waals surface area (Å²) in [6, 6.07) is 22.2. The van der Waals surface area contributed by atoms with Gasteiger partial charge in [-0.25, -0.2) is 0 Å². The van der Waals surface area contributed by atoms with Crippen LogP contribution in [0.1, 0.15) is 59.3 Å². The molecule has 3 N–H and O–H groups in total. The zero-order valence-corrected chi connectivity index (χ0v) is 19.5. The summed E-state index contributed by atoms with van der Waals surface area (Å²) < 4.78 is 6.37. The van der Waals surface area contributed by atoms with E-state index in [2.05, 4.69) is 37.4 Å². The van der Waals surface area contributed by atoms with Gasteiger partial charge in [0, 0.05) is 11.1 Å². The zero-order chi connectivity index (χ0) is 23.2. The second-order valence-electron chi connectivity index (χ2n) is 8.33. The van der Waals surface area contributed by atoms with Crippen molar-refractivity contribution in [2.45, 2.75) is 39.5 Å². The van der Waals surface area contributed by atoms with Crippen molar-refractivity contribution in [3.05, 3.63) is 100 Å². The highest BCUT2D eigenvalue weighted by Gasteiger charge is 2.23. The Balaban J connectivity index is 1.94. The van der Waals surface area contributed by atoms with Crippen molar-refractivity contribution in [2.75, 3.05) is 13.1 Å². The van der Waals surface area contributed by atoms with Crippen LogP contribution < -0.4 is 15.8 Å². The van der Waals surface area contributed by atoms with Crippen LogP contribution in [0.2, 0.25) is 0 Å². The van der Waals surface area contributed by atoms with Crippen LogP contribution in [0.4, 0.5) is 0 Å². The topological polar surface area (TPSA) is 64.4 Å². The monoisotopic (exact) mass is 440 g/mol. The van der Waals surface area contributed by atoms with Gasteiger partial charge in [0.15, 0.2) is 0 Å². The van der Waals surface area contributed by atoms with Crippen LogP contribution in [0, 0.1) is 0 Å². The number of nitrogens with two attached hydrogens (primary N) is 1. The van der Waals surface area contributed by atoms with Crippen molar-refractivity contribution in [1.82, 2.24) is 5.32 Å². The fourth-order valence-electron chi connectivity index (χ4n) is 4.85.